The molecule has 2 rings (SSSR count). The normalized spacial score (nSPS) is 23.9. The maximum absolute atomic E-state index is 12.5. The molecule has 0 unspecified atom stereocenters. The van der Waals surface area contributed by atoms with Crippen molar-refractivity contribution in [3.8, 4) is 0 Å². The Morgan fingerprint density at radius 2 is 1.94 bits per heavy atom. The van der Waals surface area contributed by atoms with Crippen LogP contribution < -0.4 is 0 Å². The Morgan fingerprint density at radius 3 is 2.50 bits per heavy atom. The first-order valence-electron chi connectivity index (χ1n) is 6.26. The van der Waals surface area contributed by atoms with Gasteiger partial charge in [0.05, 0.1) is 7.11 Å². The summed E-state index contributed by atoms with van der Waals surface area (Å²) < 4.78 is 5.20. The molecule has 0 radical (unpaired) electrons. The van der Waals surface area contributed by atoms with Gasteiger partial charge in [-0.2, -0.15) is 0 Å². The van der Waals surface area contributed by atoms with E-state index in [1.165, 1.54) is 7.11 Å². The number of methoxy groups -OCH3 is 1. The number of ether oxygens (including phenoxy) is 1. The van der Waals surface area contributed by atoms with Gasteiger partial charge in [0.2, 0.25) is 5.78 Å². The summed E-state index contributed by atoms with van der Waals surface area (Å²) in [7, 11) is 1.46. The van der Waals surface area contributed by atoms with Gasteiger partial charge in [-0.25, -0.2) is 0 Å². The van der Waals surface area contributed by atoms with E-state index >= 15 is 0 Å². The van der Waals surface area contributed by atoms with E-state index in [9.17, 15) is 9.59 Å². The van der Waals surface area contributed by atoms with Crippen molar-refractivity contribution in [3.63, 3.8) is 0 Å². The van der Waals surface area contributed by atoms with Gasteiger partial charge < -0.3 is 4.74 Å². The summed E-state index contributed by atoms with van der Waals surface area (Å²) >= 11 is 0. The fourth-order valence-electron chi connectivity index (χ4n) is 2.67. The lowest BCUT2D eigenvalue weighted by Crippen LogP contribution is -2.30. The molecule has 0 bridgehead atoms. The minimum absolute atomic E-state index is 0.00772. The predicted octanol–water partition coefficient (Wildman–Crippen LogP) is 2.59. The summed E-state index contributed by atoms with van der Waals surface area (Å²) in [5.41, 5.74) is 1.78. The molecular formula is C15H18O3. The molecule has 0 saturated heterocycles. The zero-order valence-electron chi connectivity index (χ0n) is 11.2. The highest BCUT2D eigenvalue weighted by molar-refractivity contribution is 6.25. The third-order valence-electron chi connectivity index (χ3n) is 3.52. The van der Waals surface area contributed by atoms with Crippen molar-refractivity contribution in [2.75, 3.05) is 7.11 Å². The van der Waals surface area contributed by atoms with E-state index in [1.807, 2.05) is 32.9 Å². The topological polar surface area (TPSA) is 43.4 Å². The quantitative estimate of drug-likeness (QED) is 0.555. The lowest BCUT2D eigenvalue weighted by Gasteiger charge is -2.28. The first kappa shape index (κ1) is 12.8. The van der Waals surface area contributed by atoms with Crippen LogP contribution in [0.15, 0.2) is 34.6 Å². The van der Waals surface area contributed by atoms with Gasteiger partial charge in [0, 0.05) is 22.6 Å². The number of allylic oxidation sites excluding steroid dienone is 5. The van der Waals surface area contributed by atoms with E-state index < -0.39 is 0 Å². The highest BCUT2D eigenvalue weighted by atomic mass is 16.5. The predicted molar refractivity (Wildman–Crippen MR) is 68.8 cm³/mol. The minimum Gasteiger partial charge on any atom is -0.492 e. The molecule has 3 heteroatoms. The Kier molecular flexibility index (Phi) is 3.24. The Balaban J connectivity index is 2.58. The summed E-state index contributed by atoms with van der Waals surface area (Å²) in [6.07, 6.45) is 4.49. The third-order valence-corrected chi connectivity index (χ3v) is 3.52. The van der Waals surface area contributed by atoms with Crippen LogP contribution in [-0.4, -0.2) is 18.7 Å². The Labute approximate surface area is 107 Å². The molecule has 0 aromatic heterocycles. The van der Waals surface area contributed by atoms with Crippen LogP contribution in [0.4, 0.5) is 0 Å². The molecule has 0 aliphatic heterocycles. The SMILES string of the molecule is COC1=C(C(C)C)C(=O)C2=C(C1=O)[C@@H](C)C=CC2. The lowest BCUT2D eigenvalue weighted by molar-refractivity contribution is -0.119. The maximum atomic E-state index is 12.5. The number of carbonyl (C=O) groups excluding carboxylic acids is 2. The number of hydrogen-bond acceptors (Lipinski definition) is 3. The van der Waals surface area contributed by atoms with Crippen molar-refractivity contribution in [2.45, 2.75) is 27.2 Å². The van der Waals surface area contributed by atoms with E-state index in [1.54, 1.807) is 0 Å². The molecule has 96 valence electrons. The molecular weight excluding hydrogens is 228 g/mol. The van der Waals surface area contributed by atoms with Crippen molar-refractivity contribution < 1.29 is 14.3 Å². The zero-order chi connectivity index (χ0) is 13.4. The molecule has 0 fully saturated rings. The molecule has 18 heavy (non-hydrogen) atoms. The standard InChI is InChI=1S/C15H18O3/c1-8(2)11-13(16)10-7-5-6-9(3)12(10)14(17)15(11)18-4/h5-6,8-9H,7H2,1-4H3/t9-/m0/s1. The molecule has 1 atom stereocenters. The van der Waals surface area contributed by atoms with Crippen LogP contribution in [0, 0.1) is 11.8 Å². The molecule has 2 aliphatic rings. The number of rotatable bonds is 2. The van der Waals surface area contributed by atoms with Gasteiger partial charge >= 0.3 is 0 Å². The smallest absolute Gasteiger partial charge is 0.224 e. The first-order chi connectivity index (χ1) is 8.49. The van der Waals surface area contributed by atoms with Gasteiger partial charge in [0.15, 0.2) is 11.5 Å². The second-order valence-corrected chi connectivity index (χ2v) is 5.07. The van der Waals surface area contributed by atoms with Crippen LogP contribution in [0.5, 0.6) is 0 Å². The van der Waals surface area contributed by atoms with Crippen molar-refractivity contribution in [2.24, 2.45) is 11.8 Å². The summed E-state index contributed by atoms with van der Waals surface area (Å²) in [4.78, 5) is 24.9. The average molecular weight is 246 g/mol. The lowest BCUT2D eigenvalue weighted by atomic mass is 9.76. The molecule has 0 amide bonds. The number of carbonyl (C=O) groups is 2. The third kappa shape index (κ3) is 1.74. The Bertz CT molecular complexity index is 482. The largest absolute Gasteiger partial charge is 0.492 e. The highest BCUT2D eigenvalue weighted by Crippen LogP contribution is 2.36. The highest BCUT2D eigenvalue weighted by Gasteiger charge is 2.38. The van der Waals surface area contributed by atoms with E-state index in [0.717, 1.165) is 0 Å². The van der Waals surface area contributed by atoms with Gasteiger partial charge in [0.25, 0.3) is 0 Å². The van der Waals surface area contributed by atoms with E-state index in [-0.39, 0.29) is 29.2 Å². The molecule has 0 saturated carbocycles. The van der Waals surface area contributed by atoms with Gasteiger partial charge in [-0.05, 0) is 12.3 Å². The van der Waals surface area contributed by atoms with Crippen LogP contribution in [0.25, 0.3) is 0 Å². The van der Waals surface area contributed by atoms with E-state index in [4.69, 9.17) is 4.74 Å². The van der Waals surface area contributed by atoms with Crippen LogP contribution in [-0.2, 0) is 14.3 Å². The monoisotopic (exact) mass is 246 g/mol. The molecule has 3 nitrogen and oxygen atoms in total. The molecule has 0 heterocycles. The van der Waals surface area contributed by atoms with Crippen molar-refractivity contribution in [3.05, 3.63) is 34.6 Å². The number of ketones is 2. The van der Waals surface area contributed by atoms with Crippen molar-refractivity contribution in [1.29, 1.82) is 0 Å². The average Bonchev–Trinajstić information content (AvgIpc) is 2.32. The van der Waals surface area contributed by atoms with Crippen LogP contribution >= 0.6 is 0 Å². The molecule has 2 aliphatic carbocycles. The summed E-state index contributed by atoms with van der Waals surface area (Å²) in [5, 5.41) is 0. The molecule has 0 spiro atoms. The maximum Gasteiger partial charge on any atom is 0.224 e. The van der Waals surface area contributed by atoms with Crippen molar-refractivity contribution in [1.82, 2.24) is 0 Å². The second-order valence-electron chi connectivity index (χ2n) is 5.07. The van der Waals surface area contributed by atoms with E-state index in [0.29, 0.717) is 23.1 Å². The number of Topliss-reactive ketones (excluding diaryl/α,β-unsaturated/α-hetero) is 2. The van der Waals surface area contributed by atoms with Crippen LogP contribution in [0.2, 0.25) is 0 Å². The Hall–Kier alpha value is -1.64. The van der Waals surface area contributed by atoms with E-state index in [2.05, 4.69) is 0 Å². The molecule has 0 N–H and O–H groups in total. The second kappa shape index (κ2) is 4.56. The van der Waals surface area contributed by atoms with Crippen molar-refractivity contribution >= 4 is 11.6 Å². The molecule has 0 aromatic rings. The Morgan fingerprint density at radius 1 is 1.28 bits per heavy atom. The van der Waals surface area contributed by atoms with Gasteiger partial charge in [-0.1, -0.05) is 32.9 Å². The zero-order valence-corrected chi connectivity index (χ0v) is 11.2. The summed E-state index contributed by atoms with van der Waals surface area (Å²) in [5.74, 6) is 0.0759. The van der Waals surface area contributed by atoms with Crippen LogP contribution in [0.1, 0.15) is 27.2 Å². The fourth-order valence-corrected chi connectivity index (χ4v) is 2.67. The first-order valence-corrected chi connectivity index (χ1v) is 6.26. The fraction of sp³-hybridized carbons (Fsp3) is 0.467. The van der Waals surface area contributed by atoms with Gasteiger partial charge in [-0.3, -0.25) is 9.59 Å². The summed E-state index contributed by atoms with van der Waals surface area (Å²) in [6, 6.07) is 0. The van der Waals surface area contributed by atoms with Gasteiger partial charge in [0.1, 0.15) is 0 Å². The minimum atomic E-state index is -0.118. The molecule has 0 aromatic carbocycles. The van der Waals surface area contributed by atoms with Crippen LogP contribution in [0.3, 0.4) is 0 Å². The number of hydrogen-bond donors (Lipinski definition) is 0. The summed E-state index contributed by atoms with van der Waals surface area (Å²) in [6.45, 7) is 5.75. The van der Waals surface area contributed by atoms with Gasteiger partial charge in [-0.15, -0.1) is 0 Å².